The van der Waals surface area contributed by atoms with Crippen molar-refractivity contribution in [1.82, 2.24) is 0 Å². The van der Waals surface area contributed by atoms with Gasteiger partial charge in [-0.2, -0.15) is 25.7 Å². The molecule has 136 valence electrons. The van der Waals surface area contributed by atoms with Crippen LogP contribution in [0.5, 0.6) is 0 Å². The fraction of sp³-hybridized carbons (Fsp3) is 0.833. The van der Waals surface area contributed by atoms with Gasteiger partial charge >= 0.3 is 32.9 Å². The van der Waals surface area contributed by atoms with Gasteiger partial charge in [-0.05, 0) is 23.6 Å². The molecule has 2 fully saturated rings. The van der Waals surface area contributed by atoms with Crippen molar-refractivity contribution in [3.05, 3.63) is 12.8 Å². The first kappa shape index (κ1) is 29.4. The van der Waals surface area contributed by atoms with Crippen LogP contribution in [0.3, 0.4) is 0 Å². The summed E-state index contributed by atoms with van der Waals surface area (Å²) in [4.78, 5) is 45.3. The normalized spacial score (nSPS) is 17.7. The van der Waals surface area contributed by atoms with Crippen LogP contribution >= 0.6 is 13.4 Å². The molecule has 2 aliphatic rings. The van der Waals surface area contributed by atoms with Crippen LogP contribution < -0.4 is 0 Å². The van der Waals surface area contributed by atoms with E-state index in [9.17, 15) is 0 Å². The van der Waals surface area contributed by atoms with E-state index >= 15 is 0 Å². The van der Waals surface area contributed by atoms with Crippen LogP contribution in [-0.4, -0.2) is 29.4 Å². The van der Waals surface area contributed by atoms with E-state index in [1.807, 2.05) is 0 Å². The summed E-state index contributed by atoms with van der Waals surface area (Å²) < 4.78 is 0. The fourth-order valence-electron chi connectivity index (χ4n) is 1.80. The minimum atomic E-state index is -3.81. The minimum Gasteiger partial charge on any atom is -0.328 e. The van der Waals surface area contributed by atoms with E-state index in [2.05, 4.69) is 36.5 Å². The Morgan fingerprint density at radius 1 is 0.522 bits per heavy atom. The van der Waals surface area contributed by atoms with Gasteiger partial charge in [0.25, 0.3) is 0 Å². The molecular weight excluding hydrogens is 432 g/mol. The third-order valence-corrected chi connectivity index (χ3v) is 2.63. The minimum absolute atomic E-state index is 0. The molecule has 6 nitrogen and oxygen atoms in total. The van der Waals surface area contributed by atoms with Gasteiger partial charge in [0.2, 0.25) is 0 Å². The maximum absolute atomic E-state index is 7.56. The Labute approximate surface area is 162 Å². The van der Waals surface area contributed by atoms with Gasteiger partial charge in [-0.25, -0.2) is 0 Å². The molecule has 0 amide bonds. The molecule has 0 unspecified atom stereocenters. The monoisotopic (exact) mass is 458 g/mol. The van der Waals surface area contributed by atoms with Crippen LogP contribution in [-0.2, 0) is 43.1 Å². The summed E-state index contributed by atoms with van der Waals surface area (Å²) >= 11 is 7.21. The summed E-state index contributed by atoms with van der Waals surface area (Å²) in [5.74, 6) is 0. The number of hydrogen-bond donors (Lipinski definition) is 6. The quantitative estimate of drug-likeness (QED) is 0.186. The maximum Gasteiger partial charge on any atom is 2.00 e. The Morgan fingerprint density at radius 2 is 0.696 bits per heavy atom. The van der Waals surface area contributed by atoms with Crippen LogP contribution in [0.4, 0.5) is 0 Å². The molecule has 2 aliphatic carbocycles. The maximum atomic E-state index is 7.56. The van der Waals surface area contributed by atoms with Gasteiger partial charge in [-0.1, -0.05) is 38.5 Å². The van der Waals surface area contributed by atoms with Crippen LogP contribution in [0.25, 0.3) is 0 Å². The molecule has 2 rings (SSSR count). The van der Waals surface area contributed by atoms with Crippen LogP contribution in [0.1, 0.15) is 64.2 Å². The van der Waals surface area contributed by atoms with Crippen molar-refractivity contribution in [2.75, 3.05) is 0 Å². The van der Waals surface area contributed by atoms with Gasteiger partial charge in [0.15, 0.2) is 0 Å². The first-order chi connectivity index (χ1) is 10.0. The van der Waals surface area contributed by atoms with E-state index in [4.69, 9.17) is 29.4 Å². The standard InChI is InChI=1S/2C6H11.2H3O3PS.Zn/c2*1-2-4-6-5-3-1;2*1-4(2,3)5;/h2*1H,2-6H2;2*(H3,1,2,3,5);/q2*-1;;;+2. The molecule has 0 saturated heterocycles. The Morgan fingerprint density at radius 3 is 0.739 bits per heavy atom. The zero-order valence-electron chi connectivity index (χ0n) is 13.3. The zero-order chi connectivity index (χ0) is 17.5. The third kappa shape index (κ3) is 59.5. The summed E-state index contributed by atoms with van der Waals surface area (Å²) in [7, 11) is 0. The van der Waals surface area contributed by atoms with Crippen molar-refractivity contribution in [3.8, 4) is 0 Å². The SMILES string of the molecule is OP(O)(O)=S.OP(O)(O)=S.[CH-]1CCCCC1.[CH-]1CCCCC1.[Zn+2]. The molecule has 0 aromatic rings. The third-order valence-electron chi connectivity index (χ3n) is 2.63. The summed E-state index contributed by atoms with van der Waals surface area (Å²) in [6, 6.07) is 0. The van der Waals surface area contributed by atoms with Crippen molar-refractivity contribution in [3.63, 3.8) is 0 Å². The molecule has 0 heterocycles. The van der Waals surface area contributed by atoms with E-state index in [1.54, 1.807) is 0 Å². The second kappa shape index (κ2) is 18.5. The Hall–Kier alpha value is 1.68. The van der Waals surface area contributed by atoms with Gasteiger partial charge in [0.1, 0.15) is 0 Å². The van der Waals surface area contributed by atoms with Crippen molar-refractivity contribution in [2.45, 2.75) is 64.2 Å². The van der Waals surface area contributed by atoms with E-state index in [0.717, 1.165) is 0 Å². The molecule has 23 heavy (non-hydrogen) atoms. The van der Waals surface area contributed by atoms with Gasteiger partial charge in [-0.3, -0.25) is 0 Å². The topological polar surface area (TPSA) is 121 Å². The zero-order valence-corrected chi connectivity index (χ0v) is 19.7. The summed E-state index contributed by atoms with van der Waals surface area (Å²) in [5, 5.41) is 0. The molecular formula is C12H28O6P2S2Zn. The molecule has 0 atom stereocenters. The van der Waals surface area contributed by atoms with E-state index in [-0.39, 0.29) is 19.5 Å². The van der Waals surface area contributed by atoms with Crippen LogP contribution in [0.2, 0.25) is 0 Å². The van der Waals surface area contributed by atoms with Crippen LogP contribution in [0.15, 0.2) is 0 Å². The largest absolute Gasteiger partial charge is 2.00 e. The molecule has 0 spiro atoms. The average molecular weight is 460 g/mol. The van der Waals surface area contributed by atoms with Gasteiger partial charge in [0.05, 0.1) is 0 Å². The Balaban J connectivity index is -0.000000230. The van der Waals surface area contributed by atoms with Crippen molar-refractivity contribution < 1.29 is 48.8 Å². The molecule has 0 aromatic carbocycles. The Bertz CT molecular complexity index is 258. The summed E-state index contributed by atoms with van der Waals surface area (Å²) in [6.45, 7) is -7.61. The summed E-state index contributed by atoms with van der Waals surface area (Å²) in [6.07, 6.45) is 19.0. The molecule has 6 N–H and O–H groups in total. The van der Waals surface area contributed by atoms with E-state index in [1.165, 1.54) is 64.2 Å². The average Bonchev–Trinajstić information content (AvgIpc) is 2.40. The van der Waals surface area contributed by atoms with Crippen molar-refractivity contribution in [2.24, 2.45) is 0 Å². The van der Waals surface area contributed by atoms with Gasteiger partial charge in [0, 0.05) is 0 Å². The molecule has 0 aliphatic heterocycles. The Kier molecular flexibility index (Phi) is 23.7. The van der Waals surface area contributed by atoms with E-state index in [0.29, 0.717) is 0 Å². The van der Waals surface area contributed by atoms with E-state index < -0.39 is 13.4 Å². The van der Waals surface area contributed by atoms with Crippen molar-refractivity contribution >= 4 is 37.1 Å². The molecule has 0 radical (unpaired) electrons. The molecule has 0 bridgehead atoms. The van der Waals surface area contributed by atoms with Crippen LogP contribution in [0, 0.1) is 12.8 Å². The number of hydrogen-bond acceptors (Lipinski definition) is 2. The van der Waals surface area contributed by atoms with Crippen molar-refractivity contribution in [1.29, 1.82) is 0 Å². The second-order valence-electron chi connectivity index (χ2n) is 4.88. The van der Waals surface area contributed by atoms with Gasteiger partial charge < -0.3 is 42.2 Å². The second-order valence-corrected chi connectivity index (χ2v) is 9.87. The molecule has 0 aromatic heterocycles. The predicted octanol–water partition coefficient (Wildman–Crippen LogP) is 2.68. The first-order valence-corrected chi connectivity index (χ1v) is 12.5. The first-order valence-electron chi connectivity index (χ1n) is 7.20. The van der Waals surface area contributed by atoms with Gasteiger partial charge in [-0.15, -0.1) is 0 Å². The molecule has 11 heteroatoms. The summed E-state index contributed by atoms with van der Waals surface area (Å²) in [5.41, 5.74) is 0. The molecule has 2 saturated carbocycles. The number of rotatable bonds is 0. The fourth-order valence-corrected chi connectivity index (χ4v) is 1.80. The smallest absolute Gasteiger partial charge is 0.328 e. The predicted molar refractivity (Wildman–Crippen MR) is 96.7 cm³/mol.